The highest BCUT2D eigenvalue weighted by Crippen LogP contribution is 2.42. The van der Waals surface area contributed by atoms with Crippen LogP contribution in [0.2, 0.25) is 13.1 Å². The molecule has 0 saturated heterocycles. The van der Waals surface area contributed by atoms with Crippen LogP contribution < -0.4 is 10.4 Å². The Morgan fingerprint density at radius 1 is 0.319 bits per heavy atom. The third kappa shape index (κ3) is 3.87. The van der Waals surface area contributed by atoms with E-state index in [1.54, 1.807) is 5.19 Å². The Balaban J connectivity index is 1.23. The maximum absolute atomic E-state index is 2.51. The molecule has 0 fully saturated rings. The van der Waals surface area contributed by atoms with Gasteiger partial charge in [0.05, 0.1) is 0 Å². The number of rotatable bonds is 3. The van der Waals surface area contributed by atoms with E-state index in [1.165, 1.54) is 92.8 Å². The summed E-state index contributed by atoms with van der Waals surface area (Å²) in [5.74, 6) is 0. The molecule has 0 N–H and O–H groups in total. The van der Waals surface area contributed by atoms with E-state index in [0.717, 1.165) is 0 Å². The van der Waals surface area contributed by atoms with Crippen molar-refractivity contribution < 1.29 is 0 Å². The highest BCUT2D eigenvalue weighted by Gasteiger charge is 2.35. The first-order chi connectivity index (χ1) is 23.0. The van der Waals surface area contributed by atoms with Gasteiger partial charge in [0.1, 0.15) is 8.07 Å². The Bertz CT molecular complexity index is 2680. The largest absolute Gasteiger partial charge is 0.113 e. The van der Waals surface area contributed by atoms with Crippen LogP contribution in [-0.2, 0) is 0 Å². The Morgan fingerprint density at radius 2 is 0.936 bits per heavy atom. The SMILES string of the molecule is C[Si]1(C)c2ccc(-c3cc(-c4ccccc4)cc(-c4ccc5ccc6cccc7ccc4c5c67)c3)cc2-c2cccc3cccc1c23. The van der Waals surface area contributed by atoms with Crippen LogP contribution in [0.15, 0.2) is 158 Å². The van der Waals surface area contributed by atoms with Crippen molar-refractivity contribution in [2.75, 3.05) is 0 Å². The first-order valence-corrected chi connectivity index (χ1v) is 19.6. The second kappa shape index (κ2) is 9.75. The predicted molar refractivity (Wildman–Crippen MR) is 206 cm³/mol. The molecule has 1 aliphatic heterocycles. The summed E-state index contributed by atoms with van der Waals surface area (Å²) >= 11 is 0. The molecule has 9 aromatic rings. The number of fused-ring (bicyclic) bond motifs is 2. The fraction of sp³-hybridized carbons (Fsp3) is 0.0435. The lowest BCUT2D eigenvalue weighted by atomic mass is 9.87. The van der Waals surface area contributed by atoms with Crippen molar-refractivity contribution in [2.24, 2.45) is 0 Å². The van der Waals surface area contributed by atoms with Gasteiger partial charge in [0.25, 0.3) is 0 Å². The van der Waals surface area contributed by atoms with E-state index in [-0.39, 0.29) is 0 Å². The van der Waals surface area contributed by atoms with Crippen molar-refractivity contribution in [1.29, 1.82) is 0 Å². The van der Waals surface area contributed by atoms with Gasteiger partial charge in [-0.1, -0.05) is 147 Å². The summed E-state index contributed by atoms with van der Waals surface area (Å²) in [6.07, 6.45) is 0. The maximum atomic E-state index is 2.51. The molecule has 0 atom stereocenters. The Morgan fingerprint density at radius 3 is 1.72 bits per heavy atom. The molecule has 0 radical (unpaired) electrons. The van der Waals surface area contributed by atoms with E-state index in [1.807, 2.05) is 0 Å². The van der Waals surface area contributed by atoms with Gasteiger partial charge >= 0.3 is 0 Å². The lowest BCUT2D eigenvalue weighted by Gasteiger charge is -2.33. The highest BCUT2D eigenvalue weighted by atomic mass is 28.3. The second-order valence-corrected chi connectivity index (χ2v) is 18.1. The molecular weight excluding hydrogens is 581 g/mol. The number of hydrogen-bond donors (Lipinski definition) is 0. The van der Waals surface area contributed by atoms with Crippen LogP contribution in [-0.4, -0.2) is 8.07 Å². The molecule has 0 aromatic heterocycles. The topological polar surface area (TPSA) is 0 Å². The first-order valence-electron chi connectivity index (χ1n) is 16.6. The standard InChI is InChI=1S/C46H32Si/c1-47(2)42-24-21-34(28-41(42)39-15-7-13-30-14-8-16-43(47)45(30)39)36-25-35(29-9-4-3-5-10-29)26-37(27-36)38-22-19-33-18-17-31-11-6-12-32-20-23-40(38)46(33)44(31)32/h3-28H,1-2H3. The molecule has 9 aromatic carbocycles. The van der Waals surface area contributed by atoms with Gasteiger partial charge in [-0.25, -0.2) is 0 Å². The molecule has 10 rings (SSSR count). The Labute approximate surface area is 275 Å². The maximum Gasteiger partial charge on any atom is 0.113 e. The van der Waals surface area contributed by atoms with Crippen molar-refractivity contribution in [3.63, 3.8) is 0 Å². The summed E-state index contributed by atoms with van der Waals surface area (Å²) in [4.78, 5) is 0. The van der Waals surface area contributed by atoms with E-state index in [9.17, 15) is 0 Å². The van der Waals surface area contributed by atoms with E-state index in [0.29, 0.717) is 0 Å². The quantitative estimate of drug-likeness (QED) is 0.138. The summed E-state index contributed by atoms with van der Waals surface area (Å²) in [6.45, 7) is 5.02. The summed E-state index contributed by atoms with van der Waals surface area (Å²) in [7, 11) is -1.88. The third-order valence-corrected chi connectivity index (χ3v) is 14.3. The molecule has 0 bridgehead atoms. The zero-order valence-corrected chi connectivity index (χ0v) is 27.5. The van der Waals surface area contributed by atoms with Gasteiger partial charge in [0.15, 0.2) is 0 Å². The average Bonchev–Trinajstić information content (AvgIpc) is 3.13. The molecule has 0 saturated carbocycles. The van der Waals surface area contributed by atoms with Crippen LogP contribution in [0.25, 0.3) is 87.6 Å². The molecule has 47 heavy (non-hydrogen) atoms. The summed E-state index contributed by atoms with van der Waals surface area (Å²) in [5.41, 5.74) is 10.3. The van der Waals surface area contributed by atoms with Gasteiger partial charge in [0, 0.05) is 0 Å². The molecule has 0 unspecified atom stereocenters. The highest BCUT2D eigenvalue weighted by molar-refractivity contribution is 7.03. The summed E-state index contributed by atoms with van der Waals surface area (Å²) < 4.78 is 0. The van der Waals surface area contributed by atoms with Gasteiger partial charge in [-0.15, -0.1) is 0 Å². The molecule has 0 aliphatic carbocycles. The van der Waals surface area contributed by atoms with Gasteiger partial charge < -0.3 is 0 Å². The van der Waals surface area contributed by atoms with Crippen molar-refractivity contribution in [3.8, 4) is 44.5 Å². The minimum Gasteiger partial charge on any atom is -0.0622 e. The van der Waals surface area contributed by atoms with Crippen LogP contribution in [0, 0.1) is 0 Å². The molecule has 1 heterocycles. The minimum atomic E-state index is -1.88. The lowest BCUT2D eigenvalue weighted by Crippen LogP contribution is -2.55. The molecule has 1 aliphatic rings. The molecule has 0 nitrogen and oxygen atoms in total. The van der Waals surface area contributed by atoms with Crippen LogP contribution in [0.5, 0.6) is 0 Å². The summed E-state index contributed by atoms with van der Waals surface area (Å²) in [5, 5.41) is 13.8. The lowest BCUT2D eigenvalue weighted by molar-refractivity contribution is 1.57. The normalized spacial score (nSPS) is 13.5. The smallest absolute Gasteiger partial charge is 0.0622 e. The van der Waals surface area contributed by atoms with Crippen molar-refractivity contribution in [2.45, 2.75) is 13.1 Å². The average molecular weight is 613 g/mol. The number of benzene rings is 9. The zero-order valence-electron chi connectivity index (χ0n) is 26.5. The van der Waals surface area contributed by atoms with Crippen molar-refractivity contribution in [3.05, 3.63) is 158 Å². The van der Waals surface area contributed by atoms with Gasteiger partial charge in [0.2, 0.25) is 0 Å². The van der Waals surface area contributed by atoms with E-state index >= 15 is 0 Å². The molecule has 0 amide bonds. The van der Waals surface area contributed by atoms with Crippen LogP contribution in [0.3, 0.4) is 0 Å². The first kappa shape index (κ1) is 26.7. The van der Waals surface area contributed by atoms with Gasteiger partial charge in [-0.05, 0) is 122 Å². The molecule has 0 spiro atoms. The second-order valence-electron chi connectivity index (χ2n) is 13.7. The minimum absolute atomic E-state index is 1.23. The summed E-state index contributed by atoms with van der Waals surface area (Å²) in [6, 6.07) is 59.5. The fourth-order valence-electron chi connectivity index (χ4n) is 8.46. The number of hydrogen-bond acceptors (Lipinski definition) is 0. The van der Waals surface area contributed by atoms with E-state index < -0.39 is 8.07 Å². The van der Waals surface area contributed by atoms with Crippen LogP contribution in [0.1, 0.15) is 0 Å². The van der Waals surface area contributed by atoms with E-state index in [4.69, 9.17) is 0 Å². The molecule has 1 heteroatoms. The fourth-order valence-corrected chi connectivity index (χ4v) is 11.5. The van der Waals surface area contributed by atoms with Crippen molar-refractivity contribution >= 4 is 61.5 Å². The van der Waals surface area contributed by atoms with E-state index in [2.05, 4.69) is 171 Å². The monoisotopic (exact) mass is 612 g/mol. The predicted octanol–water partition coefficient (Wildman–Crippen LogP) is 11.5. The third-order valence-electron chi connectivity index (χ3n) is 10.8. The van der Waals surface area contributed by atoms with Gasteiger partial charge in [-0.3, -0.25) is 0 Å². The Kier molecular flexibility index (Phi) is 5.54. The molecule has 220 valence electrons. The Hall–Kier alpha value is -5.50. The molecular formula is C46H32Si. The van der Waals surface area contributed by atoms with Gasteiger partial charge in [-0.2, -0.15) is 0 Å². The van der Waals surface area contributed by atoms with Crippen LogP contribution >= 0.6 is 0 Å². The van der Waals surface area contributed by atoms with Crippen molar-refractivity contribution in [1.82, 2.24) is 0 Å². The van der Waals surface area contributed by atoms with Crippen LogP contribution in [0.4, 0.5) is 0 Å². The zero-order chi connectivity index (χ0) is 31.3.